The summed E-state index contributed by atoms with van der Waals surface area (Å²) in [4.78, 5) is 4.93. The highest BCUT2D eigenvalue weighted by molar-refractivity contribution is 6.12. The molecule has 2 nitrogen and oxygen atoms in total. The maximum atomic E-state index is 4.93. The van der Waals surface area contributed by atoms with Gasteiger partial charge in [0.05, 0.1) is 23.3 Å². The number of benzene rings is 4. The molecule has 2 aromatic heterocycles. The van der Waals surface area contributed by atoms with Gasteiger partial charge in [0, 0.05) is 21.7 Å². The van der Waals surface area contributed by atoms with Gasteiger partial charge in [0.15, 0.2) is 0 Å². The maximum Gasteiger partial charge on any atom is 0.0706 e. The molecule has 6 rings (SSSR count). The van der Waals surface area contributed by atoms with Crippen molar-refractivity contribution >= 4 is 43.5 Å². The predicted molar refractivity (Wildman–Crippen MR) is 123 cm³/mol. The summed E-state index contributed by atoms with van der Waals surface area (Å²) in [5.74, 6) is 0. The zero-order valence-electron chi connectivity index (χ0n) is 16.3. The van der Waals surface area contributed by atoms with Crippen LogP contribution in [-0.2, 0) is 6.54 Å². The Bertz CT molecular complexity index is 1540. The van der Waals surface area contributed by atoms with Crippen LogP contribution >= 0.6 is 0 Å². The van der Waals surface area contributed by atoms with Gasteiger partial charge in [0.25, 0.3) is 0 Å². The second kappa shape index (κ2) is 6.18. The molecule has 0 aliphatic heterocycles. The largest absolute Gasteiger partial charge is 0.334 e. The molecule has 2 heteroatoms. The lowest BCUT2D eigenvalue weighted by Gasteiger charge is -2.09. The van der Waals surface area contributed by atoms with Crippen molar-refractivity contribution in [1.29, 1.82) is 0 Å². The molecule has 4 aromatic carbocycles. The van der Waals surface area contributed by atoms with Gasteiger partial charge in [-0.05, 0) is 53.6 Å². The molecule has 0 amide bonds. The second-order valence-corrected chi connectivity index (χ2v) is 7.82. The smallest absolute Gasteiger partial charge is 0.0706 e. The summed E-state index contributed by atoms with van der Waals surface area (Å²) in [7, 11) is 0. The monoisotopic (exact) mass is 372 g/mol. The molecular weight excluding hydrogens is 352 g/mol. The van der Waals surface area contributed by atoms with Crippen molar-refractivity contribution < 1.29 is 0 Å². The van der Waals surface area contributed by atoms with Gasteiger partial charge in [-0.1, -0.05) is 60.7 Å². The average Bonchev–Trinajstić information content (AvgIpc) is 3.04. The summed E-state index contributed by atoms with van der Waals surface area (Å²) in [6.07, 6.45) is 0. The number of nitrogens with zero attached hydrogens (tertiary/aromatic N) is 2. The van der Waals surface area contributed by atoms with E-state index >= 15 is 0 Å². The van der Waals surface area contributed by atoms with Gasteiger partial charge < -0.3 is 4.57 Å². The molecule has 0 N–H and O–H groups in total. The van der Waals surface area contributed by atoms with Crippen molar-refractivity contribution in [2.75, 3.05) is 0 Å². The number of rotatable bonds is 2. The summed E-state index contributed by atoms with van der Waals surface area (Å²) in [6, 6.07) is 32.6. The minimum atomic E-state index is 0.757. The van der Waals surface area contributed by atoms with Crippen LogP contribution < -0.4 is 0 Å². The molecule has 0 aliphatic carbocycles. The van der Waals surface area contributed by atoms with E-state index in [2.05, 4.69) is 102 Å². The van der Waals surface area contributed by atoms with Crippen molar-refractivity contribution in [2.45, 2.75) is 13.5 Å². The Morgan fingerprint density at radius 3 is 2.24 bits per heavy atom. The summed E-state index contributed by atoms with van der Waals surface area (Å²) in [6.45, 7) is 2.92. The standard InChI is InChI=1S/C27H20N2/c1-18-10-13-23-24-15-20-7-2-3-8-21(20)16-27(24)29(26(23)14-18)17-22-12-11-19-6-4-5-9-25(19)28-22/h2-16H,17H2,1H3. The maximum absolute atomic E-state index is 4.93. The van der Waals surface area contributed by atoms with Gasteiger partial charge in [0.1, 0.15) is 0 Å². The fourth-order valence-corrected chi connectivity index (χ4v) is 4.42. The molecule has 0 bridgehead atoms. The highest BCUT2D eigenvalue weighted by Crippen LogP contribution is 2.33. The van der Waals surface area contributed by atoms with Gasteiger partial charge >= 0.3 is 0 Å². The summed E-state index contributed by atoms with van der Waals surface area (Å²) in [5, 5.41) is 6.34. The van der Waals surface area contributed by atoms with Crippen LogP contribution in [0.25, 0.3) is 43.5 Å². The van der Waals surface area contributed by atoms with E-state index in [1.165, 1.54) is 43.5 Å². The van der Waals surface area contributed by atoms with E-state index in [-0.39, 0.29) is 0 Å². The normalized spacial score (nSPS) is 11.8. The van der Waals surface area contributed by atoms with Crippen LogP contribution in [0.4, 0.5) is 0 Å². The molecule has 0 unspecified atom stereocenters. The topological polar surface area (TPSA) is 17.8 Å². The highest BCUT2D eigenvalue weighted by atomic mass is 15.0. The number of aromatic nitrogens is 2. The van der Waals surface area contributed by atoms with Crippen molar-refractivity contribution in [2.24, 2.45) is 0 Å². The van der Waals surface area contributed by atoms with E-state index in [0.29, 0.717) is 0 Å². The van der Waals surface area contributed by atoms with Crippen molar-refractivity contribution in [3.8, 4) is 0 Å². The van der Waals surface area contributed by atoms with Crippen LogP contribution in [0.2, 0.25) is 0 Å². The number of aryl methyl sites for hydroxylation is 1. The Morgan fingerprint density at radius 2 is 1.38 bits per heavy atom. The molecule has 29 heavy (non-hydrogen) atoms. The van der Waals surface area contributed by atoms with E-state index in [0.717, 1.165) is 17.8 Å². The lowest BCUT2D eigenvalue weighted by atomic mass is 10.1. The minimum absolute atomic E-state index is 0.757. The first-order valence-electron chi connectivity index (χ1n) is 10.0. The molecule has 0 atom stereocenters. The van der Waals surface area contributed by atoms with Gasteiger partial charge in [-0.2, -0.15) is 0 Å². The molecule has 0 saturated carbocycles. The third kappa shape index (κ3) is 2.60. The third-order valence-electron chi connectivity index (χ3n) is 5.87. The van der Waals surface area contributed by atoms with Gasteiger partial charge in [-0.15, -0.1) is 0 Å². The Morgan fingerprint density at radius 1 is 0.655 bits per heavy atom. The Kier molecular flexibility index (Phi) is 3.48. The summed E-state index contributed by atoms with van der Waals surface area (Å²) < 4.78 is 2.42. The first kappa shape index (κ1) is 16.3. The molecule has 0 fully saturated rings. The SMILES string of the molecule is Cc1ccc2c3cc4ccccc4cc3n(Cc3ccc4ccccc4n3)c2c1. The van der Waals surface area contributed by atoms with Crippen LogP contribution in [0.15, 0.2) is 91.0 Å². The van der Waals surface area contributed by atoms with E-state index in [1.54, 1.807) is 0 Å². The summed E-state index contributed by atoms with van der Waals surface area (Å²) in [5.41, 5.74) is 5.94. The van der Waals surface area contributed by atoms with Gasteiger partial charge in [-0.3, -0.25) is 4.98 Å². The number of para-hydroxylation sites is 1. The van der Waals surface area contributed by atoms with E-state index in [4.69, 9.17) is 4.98 Å². The fraction of sp³-hybridized carbons (Fsp3) is 0.0741. The zero-order chi connectivity index (χ0) is 19.4. The quantitative estimate of drug-likeness (QED) is 0.325. The third-order valence-corrected chi connectivity index (χ3v) is 5.87. The van der Waals surface area contributed by atoms with Gasteiger partial charge in [-0.25, -0.2) is 0 Å². The zero-order valence-corrected chi connectivity index (χ0v) is 16.3. The van der Waals surface area contributed by atoms with Crippen LogP contribution in [0.5, 0.6) is 0 Å². The molecule has 6 aromatic rings. The first-order chi connectivity index (χ1) is 14.3. The van der Waals surface area contributed by atoms with E-state index in [1.807, 2.05) is 0 Å². The van der Waals surface area contributed by atoms with Crippen LogP contribution in [0.3, 0.4) is 0 Å². The lowest BCUT2D eigenvalue weighted by molar-refractivity contribution is 0.841. The van der Waals surface area contributed by atoms with Crippen molar-refractivity contribution in [3.05, 3.63) is 102 Å². The predicted octanol–water partition coefficient (Wildman–Crippen LogP) is 6.85. The van der Waals surface area contributed by atoms with E-state index in [9.17, 15) is 0 Å². The summed E-state index contributed by atoms with van der Waals surface area (Å²) >= 11 is 0. The molecule has 0 aliphatic rings. The van der Waals surface area contributed by atoms with E-state index < -0.39 is 0 Å². The molecule has 0 spiro atoms. The number of hydrogen-bond donors (Lipinski definition) is 0. The second-order valence-electron chi connectivity index (χ2n) is 7.82. The number of fused-ring (bicyclic) bond motifs is 5. The molecule has 2 heterocycles. The van der Waals surface area contributed by atoms with Gasteiger partial charge in [0.2, 0.25) is 0 Å². The highest BCUT2D eigenvalue weighted by Gasteiger charge is 2.13. The Labute approximate surface area is 169 Å². The van der Waals surface area contributed by atoms with Crippen LogP contribution in [0, 0.1) is 6.92 Å². The lowest BCUT2D eigenvalue weighted by Crippen LogP contribution is -2.02. The Hall–Kier alpha value is -3.65. The van der Waals surface area contributed by atoms with Crippen LogP contribution in [-0.4, -0.2) is 9.55 Å². The van der Waals surface area contributed by atoms with Crippen molar-refractivity contribution in [3.63, 3.8) is 0 Å². The first-order valence-corrected chi connectivity index (χ1v) is 10.0. The van der Waals surface area contributed by atoms with Crippen LogP contribution in [0.1, 0.15) is 11.3 Å². The number of pyridine rings is 1. The molecule has 0 radical (unpaired) electrons. The fourth-order valence-electron chi connectivity index (χ4n) is 4.42. The number of hydrogen-bond acceptors (Lipinski definition) is 1. The molecular formula is C27H20N2. The molecule has 0 saturated heterocycles. The Balaban J connectivity index is 1.63. The minimum Gasteiger partial charge on any atom is -0.334 e. The molecule has 138 valence electrons. The average molecular weight is 372 g/mol. The van der Waals surface area contributed by atoms with Crippen molar-refractivity contribution in [1.82, 2.24) is 9.55 Å².